The molecule has 2 aromatic rings. The van der Waals surface area contributed by atoms with Crippen molar-refractivity contribution in [2.75, 3.05) is 6.54 Å². The van der Waals surface area contributed by atoms with Gasteiger partial charge in [-0.25, -0.2) is 13.1 Å². The Labute approximate surface area is 156 Å². The Morgan fingerprint density at radius 3 is 2.36 bits per heavy atom. The summed E-state index contributed by atoms with van der Waals surface area (Å²) in [4.78, 5) is 11.8. The number of carbonyl (C=O) groups is 1. The summed E-state index contributed by atoms with van der Waals surface area (Å²) in [6.07, 6.45) is 1.49. The summed E-state index contributed by atoms with van der Waals surface area (Å²) >= 11 is 3.34. The van der Waals surface area contributed by atoms with Crippen LogP contribution in [0.3, 0.4) is 0 Å². The molecular weight excluding hydrogens is 404 g/mol. The number of sulfonamides is 1. The molecule has 0 saturated carbocycles. The second kappa shape index (κ2) is 8.94. The zero-order valence-corrected chi connectivity index (χ0v) is 16.1. The minimum atomic E-state index is -3.67. The van der Waals surface area contributed by atoms with Crippen LogP contribution in [-0.2, 0) is 21.4 Å². The number of carbonyl (C=O) groups excluding carboxylic acids is 1. The molecule has 0 unspecified atom stereocenters. The first-order valence-electron chi connectivity index (χ1n) is 7.60. The van der Waals surface area contributed by atoms with Gasteiger partial charge in [0, 0.05) is 16.4 Å². The second-order valence-electron chi connectivity index (χ2n) is 5.48. The Morgan fingerprint density at radius 1 is 1.08 bits per heavy atom. The molecule has 0 saturated heterocycles. The molecule has 25 heavy (non-hydrogen) atoms. The molecule has 0 heterocycles. The van der Waals surface area contributed by atoms with Crippen LogP contribution in [0.5, 0.6) is 0 Å². The zero-order chi connectivity index (χ0) is 18.3. The minimum Gasteiger partial charge on any atom is -0.351 e. The number of nitrogens with one attached hydrogen (secondary N) is 2. The normalized spacial score (nSPS) is 11.6. The number of hydrogen-bond acceptors (Lipinski definition) is 3. The molecule has 0 bridgehead atoms. The standard InChI is InChI=1S/C18H19BrN2O3S/c1-14-2-4-15(5-3-14)10-11-25(23,24)21-13-18(22)20-12-16-6-8-17(19)9-7-16/h2-11,21H,12-13H2,1H3,(H,20,22). The smallest absolute Gasteiger partial charge is 0.235 e. The van der Waals surface area contributed by atoms with Crippen molar-refractivity contribution in [2.45, 2.75) is 13.5 Å². The summed E-state index contributed by atoms with van der Waals surface area (Å²) < 4.78 is 27.0. The molecule has 5 nitrogen and oxygen atoms in total. The molecule has 0 aliphatic heterocycles. The van der Waals surface area contributed by atoms with Crippen LogP contribution >= 0.6 is 15.9 Å². The van der Waals surface area contributed by atoms with Crippen molar-refractivity contribution < 1.29 is 13.2 Å². The predicted octanol–water partition coefficient (Wildman–Crippen LogP) is 2.96. The van der Waals surface area contributed by atoms with Gasteiger partial charge in [0.05, 0.1) is 6.54 Å². The van der Waals surface area contributed by atoms with E-state index >= 15 is 0 Å². The van der Waals surface area contributed by atoms with Gasteiger partial charge in [-0.15, -0.1) is 0 Å². The first-order valence-corrected chi connectivity index (χ1v) is 9.93. The number of amides is 1. The Balaban J connectivity index is 1.81. The number of hydrogen-bond donors (Lipinski definition) is 2. The van der Waals surface area contributed by atoms with Crippen LogP contribution in [0, 0.1) is 6.92 Å². The van der Waals surface area contributed by atoms with Gasteiger partial charge >= 0.3 is 0 Å². The average molecular weight is 423 g/mol. The predicted molar refractivity (Wildman–Crippen MR) is 103 cm³/mol. The fraction of sp³-hybridized carbons (Fsp3) is 0.167. The van der Waals surface area contributed by atoms with E-state index in [4.69, 9.17) is 0 Å². The maximum atomic E-state index is 11.9. The first kappa shape index (κ1) is 19.4. The van der Waals surface area contributed by atoms with Crippen LogP contribution in [0.1, 0.15) is 16.7 Å². The van der Waals surface area contributed by atoms with Gasteiger partial charge < -0.3 is 5.32 Å². The van der Waals surface area contributed by atoms with Crippen molar-refractivity contribution in [3.63, 3.8) is 0 Å². The number of benzene rings is 2. The molecule has 0 aliphatic carbocycles. The van der Waals surface area contributed by atoms with Crippen LogP contribution in [0.4, 0.5) is 0 Å². The molecule has 7 heteroatoms. The first-order chi connectivity index (χ1) is 11.8. The van der Waals surface area contributed by atoms with Gasteiger partial charge in [0.15, 0.2) is 0 Å². The summed E-state index contributed by atoms with van der Waals surface area (Å²) in [5.41, 5.74) is 2.80. The van der Waals surface area contributed by atoms with Gasteiger partial charge in [0.2, 0.25) is 15.9 Å². The molecule has 2 N–H and O–H groups in total. The summed E-state index contributed by atoms with van der Waals surface area (Å²) in [7, 11) is -3.67. The molecule has 0 aliphatic rings. The van der Waals surface area contributed by atoms with E-state index in [0.29, 0.717) is 6.54 Å². The van der Waals surface area contributed by atoms with Gasteiger partial charge in [-0.05, 0) is 36.3 Å². The lowest BCUT2D eigenvalue weighted by Gasteiger charge is -2.06. The molecule has 0 aromatic heterocycles. The largest absolute Gasteiger partial charge is 0.351 e. The maximum Gasteiger partial charge on any atom is 0.235 e. The van der Waals surface area contributed by atoms with E-state index in [2.05, 4.69) is 26.0 Å². The van der Waals surface area contributed by atoms with Gasteiger partial charge in [-0.1, -0.05) is 57.9 Å². The second-order valence-corrected chi connectivity index (χ2v) is 8.05. The van der Waals surface area contributed by atoms with Gasteiger partial charge in [-0.3, -0.25) is 4.79 Å². The topological polar surface area (TPSA) is 75.3 Å². The van der Waals surface area contributed by atoms with E-state index < -0.39 is 15.9 Å². The van der Waals surface area contributed by atoms with Crippen LogP contribution < -0.4 is 10.0 Å². The van der Waals surface area contributed by atoms with E-state index in [1.54, 1.807) is 0 Å². The van der Waals surface area contributed by atoms with Crippen molar-refractivity contribution in [3.05, 3.63) is 75.1 Å². The molecule has 0 fully saturated rings. The highest BCUT2D eigenvalue weighted by atomic mass is 79.9. The van der Waals surface area contributed by atoms with Crippen LogP contribution in [-0.4, -0.2) is 20.9 Å². The fourth-order valence-corrected chi connectivity index (χ4v) is 2.95. The SMILES string of the molecule is Cc1ccc(C=CS(=O)(=O)NCC(=O)NCc2ccc(Br)cc2)cc1. The van der Waals surface area contributed by atoms with Gasteiger partial charge in [0.1, 0.15) is 0 Å². The van der Waals surface area contributed by atoms with E-state index in [0.717, 1.165) is 26.6 Å². The lowest BCUT2D eigenvalue weighted by atomic mass is 10.2. The summed E-state index contributed by atoms with van der Waals surface area (Å²) in [5.74, 6) is -0.393. The van der Waals surface area contributed by atoms with Crippen LogP contribution in [0.25, 0.3) is 6.08 Å². The molecule has 2 aromatic carbocycles. The van der Waals surface area contributed by atoms with Crippen molar-refractivity contribution in [1.82, 2.24) is 10.0 Å². The lowest BCUT2D eigenvalue weighted by Crippen LogP contribution is -2.35. The Bertz CT molecular complexity index is 845. The summed E-state index contributed by atoms with van der Waals surface area (Å²) in [6, 6.07) is 14.9. The highest BCUT2D eigenvalue weighted by Crippen LogP contribution is 2.10. The lowest BCUT2D eigenvalue weighted by molar-refractivity contribution is -0.120. The van der Waals surface area contributed by atoms with Gasteiger partial charge in [-0.2, -0.15) is 0 Å². The monoisotopic (exact) mass is 422 g/mol. The zero-order valence-electron chi connectivity index (χ0n) is 13.7. The molecular formula is C18H19BrN2O3S. The van der Waals surface area contributed by atoms with E-state index in [1.165, 1.54) is 6.08 Å². The molecule has 2 rings (SSSR count). The van der Waals surface area contributed by atoms with Crippen LogP contribution in [0.2, 0.25) is 0 Å². The maximum absolute atomic E-state index is 11.9. The Hall–Kier alpha value is -1.96. The summed E-state index contributed by atoms with van der Waals surface area (Å²) in [6.45, 7) is 1.99. The van der Waals surface area contributed by atoms with E-state index in [1.807, 2.05) is 55.5 Å². The fourth-order valence-electron chi connectivity index (χ4n) is 1.93. The van der Waals surface area contributed by atoms with E-state index in [9.17, 15) is 13.2 Å². The van der Waals surface area contributed by atoms with Gasteiger partial charge in [0.25, 0.3) is 0 Å². The Kier molecular flexibility index (Phi) is 6.92. The third-order valence-electron chi connectivity index (χ3n) is 3.35. The molecule has 0 radical (unpaired) electrons. The molecule has 132 valence electrons. The molecule has 0 spiro atoms. The third-order valence-corrected chi connectivity index (χ3v) is 4.92. The number of aryl methyl sites for hydroxylation is 1. The van der Waals surface area contributed by atoms with Crippen molar-refractivity contribution in [1.29, 1.82) is 0 Å². The van der Waals surface area contributed by atoms with Crippen molar-refractivity contribution >= 4 is 37.9 Å². The number of halogens is 1. The molecule has 0 atom stereocenters. The third kappa shape index (κ3) is 7.21. The highest BCUT2D eigenvalue weighted by molar-refractivity contribution is 9.10. The van der Waals surface area contributed by atoms with Crippen LogP contribution in [0.15, 0.2) is 58.4 Å². The summed E-state index contributed by atoms with van der Waals surface area (Å²) in [5, 5.41) is 3.72. The Morgan fingerprint density at radius 2 is 1.72 bits per heavy atom. The average Bonchev–Trinajstić information content (AvgIpc) is 2.59. The highest BCUT2D eigenvalue weighted by Gasteiger charge is 2.08. The number of rotatable bonds is 7. The minimum absolute atomic E-state index is 0.308. The van der Waals surface area contributed by atoms with Crippen molar-refractivity contribution in [3.8, 4) is 0 Å². The molecule has 1 amide bonds. The van der Waals surface area contributed by atoms with Crippen molar-refractivity contribution in [2.24, 2.45) is 0 Å². The van der Waals surface area contributed by atoms with E-state index in [-0.39, 0.29) is 6.54 Å². The quantitative estimate of drug-likeness (QED) is 0.719.